The second kappa shape index (κ2) is 8.95. The van der Waals surface area contributed by atoms with Gasteiger partial charge in [0.15, 0.2) is 5.57 Å². The van der Waals surface area contributed by atoms with Gasteiger partial charge in [0.05, 0.1) is 38.5 Å². The molecule has 0 saturated carbocycles. The van der Waals surface area contributed by atoms with Crippen LogP contribution in [-0.2, 0) is 4.74 Å². The number of carbonyl (C=O) groups excluding carboxylic acids is 1. The fourth-order valence-corrected chi connectivity index (χ4v) is 4.71. The molecule has 2 heterocycles. The highest BCUT2D eigenvalue weighted by Crippen LogP contribution is 2.42. The Morgan fingerprint density at radius 3 is 2.61 bits per heavy atom. The van der Waals surface area contributed by atoms with Crippen molar-refractivity contribution >= 4 is 11.4 Å². The van der Waals surface area contributed by atoms with Gasteiger partial charge in [0.25, 0.3) is 5.78 Å². The zero-order valence-electron chi connectivity index (χ0n) is 19.3. The summed E-state index contributed by atoms with van der Waals surface area (Å²) in [5.74, 6) is 0.772. The van der Waals surface area contributed by atoms with E-state index in [1.54, 1.807) is 0 Å². The minimum Gasteiger partial charge on any atom is -0.488 e. The third-order valence-electron chi connectivity index (χ3n) is 6.74. The number of fused-ring (bicyclic) bond motifs is 1. The van der Waals surface area contributed by atoms with Gasteiger partial charge in [-0.25, -0.2) is 0 Å². The molecule has 0 unspecified atom stereocenters. The van der Waals surface area contributed by atoms with Gasteiger partial charge < -0.3 is 14.0 Å². The molecule has 2 aliphatic heterocycles. The third kappa shape index (κ3) is 4.36. The number of hydrogen-bond donors (Lipinski definition) is 0. The number of carbonyl (C=O) groups is 1. The summed E-state index contributed by atoms with van der Waals surface area (Å²) in [6.45, 7) is 5.95. The minimum atomic E-state index is 0.0314. The lowest BCUT2D eigenvalue weighted by Gasteiger charge is -2.37. The van der Waals surface area contributed by atoms with E-state index in [9.17, 15) is 4.79 Å². The maximum atomic E-state index is 13.7. The molecule has 0 radical (unpaired) electrons. The number of ether oxygens (including phenoxy) is 2. The second-order valence-electron chi connectivity index (χ2n) is 9.21. The van der Waals surface area contributed by atoms with Crippen LogP contribution < -0.4 is 4.74 Å². The van der Waals surface area contributed by atoms with Crippen molar-refractivity contribution in [3.8, 4) is 5.75 Å². The fourth-order valence-electron chi connectivity index (χ4n) is 4.71. The maximum absolute atomic E-state index is 13.7. The molecule has 1 saturated heterocycles. The Kier molecular flexibility index (Phi) is 5.86. The van der Waals surface area contributed by atoms with Crippen molar-refractivity contribution in [2.24, 2.45) is 0 Å². The van der Waals surface area contributed by atoms with Crippen molar-refractivity contribution in [2.75, 3.05) is 60.1 Å². The highest BCUT2D eigenvalue weighted by molar-refractivity contribution is 6.25. The predicted molar refractivity (Wildman–Crippen MR) is 129 cm³/mol. The normalized spacial score (nSPS) is 19.3. The molecule has 5 heteroatoms. The Labute approximate surface area is 195 Å². The SMILES string of the molecule is CN1[C+]=C(C2=C(c3ccccc3)c3ccc(OCC[N+]4(C)CCOCC4)cc3C2=O)C=CC1. The molecule has 0 N–H and O–H groups in total. The number of morpholine rings is 1. The van der Waals surface area contributed by atoms with Crippen molar-refractivity contribution in [3.63, 3.8) is 0 Å². The van der Waals surface area contributed by atoms with Crippen LogP contribution in [0.1, 0.15) is 21.5 Å². The molecule has 0 spiro atoms. The third-order valence-corrected chi connectivity index (χ3v) is 6.74. The van der Waals surface area contributed by atoms with Crippen LogP contribution in [0.2, 0.25) is 0 Å². The highest BCUT2D eigenvalue weighted by atomic mass is 16.5. The summed E-state index contributed by atoms with van der Waals surface area (Å²) in [6, 6.07) is 16.1. The first-order chi connectivity index (χ1) is 16.0. The second-order valence-corrected chi connectivity index (χ2v) is 9.21. The summed E-state index contributed by atoms with van der Waals surface area (Å²) in [7, 11) is 4.22. The van der Waals surface area contributed by atoms with Crippen LogP contribution in [-0.4, -0.2) is 75.3 Å². The number of rotatable bonds is 6. The molecule has 0 atom stereocenters. The average molecular weight is 443 g/mol. The van der Waals surface area contributed by atoms with Crippen LogP contribution in [0.25, 0.3) is 5.57 Å². The Bertz CT molecular complexity index is 1140. The molecule has 5 nitrogen and oxygen atoms in total. The number of hydrogen-bond acceptors (Lipinski definition) is 4. The van der Waals surface area contributed by atoms with Gasteiger partial charge in [0.1, 0.15) is 38.2 Å². The van der Waals surface area contributed by atoms with Crippen molar-refractivity contribution in [2.45, 2.75) is 0 Å². The van der Waals surface area contributed by atoms with E-state index in [1.807, 2.05) is 54.4 Å². The minimum absolute atomic E-state index is 0.0314. The lowest BCUT2D eigenvalue weighted by atomic mass is 9.93. The topological polar surface area (TPSA) is 38.8 Å². The highest BCUT2D eigenvalue weighted by Gasteiger charge is 2.39. The van der Waals surface area contributed by atoms with Crippen LogP contribution in [0.15, 0.2) is 71.8 Å². The first-order valence-electron chi connectivity index (χ1n) is 11.6. The van der Waals surface area contributed by atoms with Crippen molar-refractivity contribution < 1.29 is 18.8 Å². The number of nitrogens with zero attached hydrogens (tertiary/aromatic N) is 2. The van der Waals surface area contributed by atoms with Gasteiger partial charge in [-0.1, -0.05) is 30.3 Å². The smallest absolute Gasteiger partial charge is 0.250 e. The van der Waals surface area contributed by atoms with E-state index in [-0.39, 0.29) is 5.78 Å². The molecular weight excluding hydrogens is 412 g/mol. The molecule has 1 aliphatic carbocycles. The standard InChI is InChI=1S/C28H30N2O3/c1-29-12-6-9-22(20-29)27-26(21-7-4-3-5-8-21)24-11-10-23(19-25(24)28(27)31)33-18-15-30(2)13-16-32-17-14-30/h3-11,19H,12-18H2,1-2H3/q+2. The van der Waals surface area contributed by atoms with E-state index >= 15 is 0 Å². The van der Waals surface area contributed by atoms with Crippen LogP contribution in [0.5, 0.6) is 5.75 Å². The summed E-state index contributed by atoms with van der Waals surface area (Å²) in [5, 5.41) is 0. The molecule has 168 valence electrons. The summed E-state index contributed by atoms with van der Waals surface area (Å²) in [5.41, 5.74) is 5.20. The monoisotopic (exact) mass is 442 g/mol. The fraction of sp³-hybridized carbons (Fsp3) is 0.321. The summed E-state index contributed by atoms with van der Waals surface area (Å²) >= 11 is 0. The largest absolute Gasteiger partial charge is 0.488 e. The molecule has 0 aromatic heterocycles. The van der Waals surface area contributed by atoms with Crippen LogP contribution in [0.4, 0.5) is 0 Å². The van der Waals surface area contributed by atoms with E-state index < -0.39 is 0 Å². The summed E-state index contributed by atoms with van der Waals surface area (Å²) in [6.07, 6.45) is 7.43. The van der Waals surface area contributed by atoms with Crippen LogP contribution in [0.3, 0.4) is 0 Å². The number of benzene rings is 2. The van der Waals surface area contributed by atoms with Crippen molar-refractivity contribution in [3.05, 3.63) is 94.7 Å². The molecule has 1 fully saturated rings. The average Bonchev–Trinajstić information content (AvgIpc) is 3.12. The zero-order chi connectivity index (χ0) is 22.8. The van der Waals surface area contributed by atoms with E-state index in [0.29, 0.717) is 17.7 Å². The molecule has 0 bridgehead atoms. The lowest BCUT2D eigenvalue weighted by molar-refractivity contribution is -0.916. The van der Waals surface area contributed by atoms with Gasteiger partial charge in [0, 0.05) is 18.2 Å². The van der Waals surface area contributed by atoms with Gasteiger partial charge in [0.2, 0.25) is 5.57 Å². The van der Waals surface area contributed by atoms with Crippen molar-refractivity contribution in [1.82, 2.24) is 4.90 Å². The Morgan fingerprint density at radius 1 is 1.06 bits per heavy atom. The first-order valence-corrected chi connectivity index (χ1v) is 11.6. The van der Waals surface area contributed by atoms with Gasteiger partial charge >= 0.3 is 0 Å². The van der Waals surface area contributed by atoms with Crippen LogP contribution >= 0.6 is 0 Å². The molecule has 2 aromatic carbocycles. The van der Waals surface area contributed by atoms with E-state index in [0.717, 1.165) is 71.9 Å². The van der Waals surface area contributed by atoms with E-state index in [1.165, 1.54) is 0 Å². The molecule has 3 aliphatic rings. The quantitative estimate of drug-likeness (QED) is 0.505. The number of likely N-dealkylation sites (N-methyl/N-ethyl adjacent to an activating group) is 2. The number of allylic oxidation sites excluding steroid dienone is 3. The van der Waals surface area contributed by atoms with E-state index in [2.05, 4.69) is 31.5 Å². The zero-order valence-corrected chi connectivity index (χ0v) is 19.3. The Balaban J connectivity index is 1.44. The molecule has 2 aromatic rings. The summed E-state index contributed by atoms with van der Waals surface area (Å²) < 4.78 is 12.6. The van der Waals surface area contributed by atoms with Gasteiger partial charge in [-0.3, -0.25) is 9.69 Å². The Hall–Kier alpha value is -3.24. The lowest BCUT2D eigenvalue weighted by Crippen LogP contribution is -2.53. The molecule has 5 rings (SSSR count). The van der Waals surface area contributed by atoms with Crippen LogP contribution in [0, 0.1) is 6.20 Å². The van der Waals surface area contributed by atoms with E-state index in [4.69, 9.17) is 9.47 Å². The van der Waals surface area contributed by atoms with Gasteiger partial charge in [-0.15, -0.1) is 0 Å². The summed E-state index contributed by atoms with van der Waals surface area (Å²) in [4.78, 5) is 15.6. The van der Waals surface area contributed by atoms with Gasteiger partial charge in [-0.05, 0) is 29.8 Å². The van der Waals surface area contributed by atoms with Crippen molar-refractivity contribution in [1.29, 1.82) is 0 Å². The Morgan fingerprint density at radius 2 is 1.85 bits per heavy atom. The number of Topliss-reactive ketones (excluding diaryl/α,β-unsaturated/α-hetero) is 1. The first kappa shape index (κ1) is 21.6. The predicted octanol–water partition coefficient (Wildman–Crippen LogP) is 3.73. The molecule has 0 amide bonds. The maximum Gasteiger partial charge on any atom is 0.250 e. The number of quaternary nitrogens is 1. The molecule has 33 heavy (non-hydrogen) atoms. The van der Waals surface area contributed by atoms with Gasteiger partial charge in [-0.2, -0.15) is 0 Å². The molecular formula is C28H30N2O3+2. The number of ketones is 1.